The second-order valence-electron chi connectivity index (χ2n) is 5.10. The van der Waals surface area contributed by atoms with Crippen molar-refractivity contribution in [2.45, 2.75) is 38.6 Å². The molecule has 1 saturated carbocycles. The first-order valence-corrected chi connectivity index (χ1v) is 6.48. The Morgan fingerprint density at radius 3 is 2.83 bits per heavy atom. The van der Waals surface area contributed by atoms with Gasteiger partial charge in [-0.3, -0.25) is 9.78 Å². The van der Waals surface area contributed by atoms with E-state index in [2.05, 4.69) is 11.9 Å². The number of amides is 1. The van der Waals surface area contributed by atoms with Gasteiger partial charge in [-0.2, -0.15) is 0 Å². The SMILES string of the molecule is CC1CCCCC1N(C)C(=O)c1ccncc1F. The fourth-order valence-electron chi connectivity index (χ4n) is 2.76. The topological polar surface area (TPSA) is 33.2 Å². The maximum Gasteiger partial charge on any atom is 0.256 e. The molecule has 3 nitrogen and oxygen atoms in total. The molecule has 2 unspecified atom stereocenters. The first-order valence-electron chi connectivity index (χ1n) is 6.48. The molecule has 1 aliphatic carbocycles. The van der Waals surface area contributed by atoms with Crippen molar-refractivity contribution in [3.63, 3.8) is 0 Å². The number of hydrogen-bond acceptors (Lipinski definition) is 2. The summed E-state index contributed by atoms with van der Waals surface area (Å²) in [4.78, 5) is 17.6. The minimum Gasteiger partial charge on any atom is -0.338 e. The van der Waals surface area contributed by atoms with Crippen LogP contribution in [0.15, 0.2) is 18.5 Å². The maximum atomic E-state index is 13.6. The van der Waals surface area contributed by atoms with Gasteiger partial charge in [0, 0.05) is 19.3 Å². The molecule has 0 radical (unpaired) electrons. The van der Waals surface area contributed by atoms with E-state index in [1.165, 1.54) is 18.7 Å². The van der Waals surface area contributed by atoms with Crippen molar-refractivity contribution in [3.8, 4) is 0 Å². The van der Waals surface area contributed by atoms with Crippen LogP contribution < -0.4 is 0 Å². The van der Waals surface area contributed by atoms with Gasteiger partial charge in [-0.25, -0.2) is 4.39 Å². The molecule has 0 bridgehead atoms. The van der Waals surface area contributed by atoms with Gasteiger partial charge in [0.2, 0.25) is 0 Å². The number of carbonyl (C=O) groups is 1. The van der Waals surface area contributed by atoms with Gasteiger partial charge in [-0.1, -0.05) is 19.8 Å². The Labute approximate surface area is 107 Å². The van der Waals surface area contributed by atoms with E-state index in [1.54, 1.807) is 11.9 Å². The van der Waals surface area contributed by atoms with Crippen molar-refractivity contribution < 1.29 is 9.18 Å². The molecular weight excluding hydrogens is 231 g/mol. The Balaban J connectivity index is 2.16. The third-order valence-electron chi connectivity index (χ3n) is 3.89. The molecule has 1 aromatic heterocycles. The minimum absolute atomic E-state index is 0.116. The summed E-state index contributed by atoms with van der Waals surface area (Å²) in [6.07, 6.45) is 7.06. The summed E-state index contributed by atoms with van der Waals surface area (Å²) >= 11 is 0. The quantitative estimate of drug-likeness (QED) is 0.808. The highest BCUT2D eigenvalue weighted by atomic mass is 19.1. The van der Waals surface area contributed by atoms with Gasteiger partial charge in [0.05, 0.1) is 11.8 Å². The van der Waals surface area contributed by atoms with Gasteiger partial charge in [0.25, 0.3) is 5.91 Å². The van der Waals surface area contributed by atoms with Crippen LogP contribution in [0.5, 0.6) is 0 Å². The molecule has 1 aliphatic rings. The third kappa shape index (κ3) is 2.52. The van der Waals surface area contributed by atoms with E-state index in [9.17, 15) is 9.18 Å². The van der Waals surface area contributed by atoms with Crippen molar-refractivity contribution in [2.24, 2.45) is 5.92 Å². The molecule has 2 atom stereocenters. The number of halogens is 1. The van der Waals surface area contributed by atoms with Crippen molar-refractivity contribution in [2.75, 3.05) is 7.05 Å². The van der Waals surface area contributed by atoms with Gasteiger partial charge in [0.15, 0.2) is 5.82 Å². The van der Waals surface area contributed by atoms with E-state index < -0.39 is 5.82 Å². The summed E-state index contributed by atoms with van der Waals surface area (Å²) in [6.45, 7) is 2.16. The molecular formula is C14H19FN2O. The predicted octanol–water partition coefficient (Wildman–Crippen LogP) is 2.87. The van der Waals surface area contributed by atoms with E-state index in [4.69, 9.17) is 0 Å². The number of pyridine rings is 1. The molecule has 18 heavy (non-hydrogen) atoms. The highest BCUT2D eigenvalue weighted by molar-refractivity contribution is 5.94. The molecule has 1 heterocycles. The van der Waals surface area contributed by atoms with Crippen LogP contribution >= 0.6 is 0 Å². The molecule has 0 spiro atoms. The zero-order valence-electron chi connectivity index (χ0n) is 10.9. The van der Waals surface area contributed by atoms with Crippen LogP contribution in [0.25, 0.3) is 0 Å². The Hall–Kier alpha value is -1.45. The highest BCUT2D eigenvalue weighted by Crippen LogP contribution is 2.28. The molecule has 1 fully saturated rings. The van der Waals surface area contributed by atoms with Gasteiger partial charge >= 0.3 is 0 Å². The molecule has 1 amide bonds. The number of rotatable bonds is 2. The Morgan fingerprint density at radius 1 is 1.44 bits per heavy atom. The summed E-state index contributed by atoms with van der Waals surface area (Å²) in [5, 5.41) is 0. The summed E-state index contributed by atoms with van der Waals surface area (Å²) in [5.74, 6) is -0.302. The van der Waals surface area contributed by atoms with Crippen LogP contribution in [0, 0.1) is 11.7 Å². The second kappa shape index (κ2) is 5.46. The zero-order valence-corrected chi connectivity index (χ0v) is 10.9. The fourth-order valence-corrected chi connectivity index (χ4v) is 2.76. The molecule has 2 rings (SSSR count). The lowest BCUT2D eigenvalue weighted by Crippen LogP contribution is -2.42. The molecule has 0 N–H and O–H groups in total. The molecule has 4 heteroatoms. The first-order chi connectivity index (χ1) is 8.61. The maximum absolute atomic E-state index is 13.6. The van der Waals surface area contributed by atoms with Crippen LogP contribution in [0.3, 0.4) is 0 Å². The Morgan fingerprint density at radius 2 is 2.17 bits per heavy atom. The van der Waals surface area contributed by atoms with E-state index in [-0.39, 0.29) is 17.5 Å². The first kappa shape index (κ1) is 13.0. The van der Waals surface area contributed by atoms with E-state index in [0.29, 0.717) is 5.92 Å². The van der Waals surface area contributed by atoms with Gasteiger partial charge in [-0.05, 0) is 24.8 Å². The van der Waals surface area contributed by atoms with Gasteiger partial charge in [-0.15, -0.1) is 0 Å². The number of hydrogen-bond donors (Lipinski definition) is 0. The third-order valence-corrected chi connectivity index (χ3v) is 3.89. The predicted molar refractivity (Wildman–Crippen MR) is 67.7 cm³/mol. The van der Waals surface area contributed by atoms with Crippen molar-refractivity contribution in [1.82, 2.24) is 9.88 Å². The lowest BCUT2D eigenvalue weighted by atomic mass is 9.85. The summed E-state index contributed by atoms with van der Waals surface area (Å²) in [5.41, 5.74) is 0.116. The summed E-state index contributed by atoms with van der Waals surface area (Å²) in [6, 6.07) is 1.67. The van der Waals surface area contributed by atoms with E-state index >= 15 is 0 Å². The Kier molecular flexibility index (Phi) is 3.94. The summed E-state index contributed by atoms with van der Waals surface area (Å²) < 4.78 is 13.6. The minimum atomic E-state index is -0.544. The average molecular weight is 250 g/mol. The Bertz CT molecular complexity index is 436. The molecule has 0 aliphatic heterocycles. The smallest absolute Gasteiger partial charge is 0.256 e. The molecule has 1 aromatic rings. The standard InChI is InChI=1S/C14H19FN2O/c1-10-5-3-4-6-13(10)17(2)14(18)11-7-8-16-9-12(11)15/h7-10,13H,3-6H2,1-2H3. The van der Waals surface area contributed by atoms with Gasteiger partial charge in [0.1, 0.15) is 0 Å². The largest absolute Gasteiger partial charge is 0.338 e. The van der Waals surface area contributed by atoms with E-state index in [0.717, 1.165) is 25.5 Å². The normalized spacial score (nSPS) is 23.7. The number of carbonyl (C=O) groups excluding carboxylic acids is 1. The second-order valence-corrected chi connectivity index (χ2v) is 5.10. The van der Waals surface area contributed by atoms with Crippen LogP contribution in [-0.2, 0) is 0 Å². The molecule has 98 valence electrons. The fraction of sp³-hybridized carbons (Fsp3) is 0.571. The van der Waals surface area contributed by atoms with Crippen LogP contribution in [0.4, 0.5) is 4.39 Å². The van der Waals surface area contributed by atoms with Crippen molar-refractivity contribution in [1.29, 1.82) is 0 Å². The number of nitrogens with zero attached hydrogens (tertiary/aromatic N) is 2. The monoisotopic (exact) mass is 250 g/mol. The lowest BCUT2D eigenvalue weighted by Gasteiger charge is -2.36. The van der Waals surface area contributed by atoms with Crippen molar-refractivity contribution >= 4 is 5.91 Å². The van der Waals surface area contributed by atoms with Crippen LogP contribution in [0.1, 0.15) is 43.0 Å². The molecule has 0 saturated heterocycles. The van der Waals surface area contributed by atoms with Crippen molar-refractivity contribution in [3.05, 3.63) is 29.8 Å². The average Bonchev–Trinajstić information content (AvgIpc) is 2.38. The van der Waals surface area contributed by atoms with E-state index in [1.807, 2.05) is 0 Å². The highest BCUT2D eigenvalue weighted by Gasteiger charge is 2.29. The summed E-state index contributed by atoms with van der Waals surface area (Å²) in [7, 11) is 1.77. The number of aromatic nitrogens is 1. The lowest BCUT2D eigenvalue weighted by molar-refractivity contribution is 0.0624. The van der Waals surface area contributed by atoms with Crippen LogP contribution in [-0.4, -0.2) is 28.9 Å². The zero-order chi connectivity index (χ0) is 13.1. The molecule has 0 aromatic carbocycles. The van der Waals surface area contributed by atoms with Crippen LogP contribution in [0.2, 0.25) is 0 Å². The van der Waals surface area contributed by atoms with Gasteiger partial charge < -0.3 is 4.90 Å².